The Labute approximate surface area is 231 Å². The van der Waals surface area contributed by atoms with E-state index in [1.807, 2.05) is 74.5 Å². The first kappa shape index (κ1) is 26.9. The van der Waals surface area contributed by atoms with Crippen molar-refractivity contribution in [2.75, 3.05) is 0 Å². The molecule has 200 valence electrons. The van der Waals surface area contributed by atoms with Gasteiger partial charge in [0, 0.05) is 12.1 Å². The van der Waals surface area contributed by atoms with Crippen molar-refractivity contribution in [1.82, 2.24) is 4.31 Å². The van der Waals surface area contributed by atoms with Gasteiger partial charge in [-0.3, -0.25) is 4.31 Å². The van der Waals surface area contributed by atoms with Crippen LogP contribution >= 0.6 is 0 Å². The first-order chi connectivity index (χ1) is 18.7. The van der Waals surface area contributed by atoms with Gasteiger partial charge >= 0.3 is 0 Å². The molecule has 1 aliphatic rings. The smallest absolute Gasteiger partial charge is 0.264 e. The van der Waals surface area contributed by atoms with E-state index in [2.05, 4.69) is 0 Å². The molecule has 0 aromatic heterocycles. The first-order valence-corrected chi connectivity index (χ1v) is 15.8. The summed E-state index contributed by atoms with van der Waals surface area (Å²) >= 11 is 0. The third-order valence-corrected chi connectivity index (χ3v) is 11.2. The van der Waals surface area contributed by atoms with Crippen molar-refractivity contribution in [3.05, 3.63) is 144 Å². The molecular formula is C32H31NO4S2. The number of sulfone groups is 1. The highest BCUT2D eigenvalue weighted by Crippen LogP contribution is 2.41. The highest BCUT2D eigenvalue weighted by molar-refractivity contribution is 7.92. The van der Waals surface area contributed by atoms with Crippen molar-refractivity contribution >= 4 is 19.9 Å². The van der Waals surface area contributed by atoms with Gasteiger partial charge in [0.1, 0.15) is 0 Å². The monoisotopic (exact) mass is 557 g/mol. The number of benzene rings is 4. The van der Waals surface area contributed by atoms with Crippen LogP contribution in [0.3, 0.4) is 0 Å². The molecule has 0 aliphatic carbocycles. The number of hydrogen-bond donors (Lipinski definition) is 0. The largest absolute Gasteiger partial charge is 0.270 e. The maximum atomic E-state index is 14.1. The van der Waals surface area contributed by atoms with Crippen molar-refractivity contribution in [1.29, 1.82) is 0 Å². The Kier molecular flexibility index (Phi) is 7.47. The van der Waals surface area contributed by atoms with Crippen LogP contribution in [0, 0.1) is 13.8 Å². The average molecular weight is 558 g/mol. The van der Waals surface area contributed by atoms with E-state index < -0.39 is 37.1 Å². The van der Waals surface area contributed by atoms with Crippen LogP contribution in [0.15, 0.2) is 131 Å². The minimum Gasteiger partial charge on any atom is -0.270 e. The number of nitrogens with zero attached hydrogens (tertiary/aromatic N) is 1. The van der Waals surface area contributed by atoms with Gasteiger partial charge in [-0.05, 0) is 61.7 Å². The van der Waals surface area contributed by atoms with Gasteiger partial charge in [0.05, 0.1) is 21.1 Å². The summed E-state index contributed by atoms with van der Waals surface area (Å²) in [6, 6.07) is 31.9. The van der Waals surface area contributed by atoms with Crippen LogP contribution < -0.4 is 0 Å². The maximum absolute atomic E-state index is 14.1. The fourth-order valence-corrected chi connectivity index (χ4v) is 8.56. The van der Waals surface area contributed by atoms with E-state index in [1.165, 1.54) is 10.5 Å². The van der Waals surface area contributed by atoms with Crippen LogP contribution in [0.1, 0.15) is 28.2 Å². The summed E-state index contributed by atoms with van der Waals surface area (Å²) in [6.07, 6.45) is 3.34. The van der Waals surface area contributed by atoms with Gasteiger partial charge < -0.3 is 0 Å². The second-order valence-electron chi connectivity index (χ2n) is 10.0. The minimum absolute atomic E-state index is 0.169. The summed E-state index contributed by atoms with van der Waals surface area (Å²) in [5, 5.41) is -0.958. The lowest BCUT2D eigenvalue weighted by Gasteiger charge is -2.42. The average Bonchev–Trinajstić information content (AvgIpc) is 2.94. The molecule has 0 radical (unpaired) electrons. The van der Waals surface area contributed by atoms with Crippen molar-refractivity contribution < 1.29 is 16.8 Å². The molecule has 1 aliphatic heterocycles. The van der Waals surface area contributed by atoms with Gasteiger partial charge in [-0.25, -0.2) is 16.8 Å². The Bertz CT molecular complexity index is 1670. The van der Waals surface area contributed by atoms with E-state index in [0.717, 1.165) is 22.3 Å². The summed E-state index contributed by atoms with van der Waals surface area (Å²) < 4.78 is 57.7. The molecule has 3 atom stereocenters. The molecule has 5 rings (SSSR count). The van der Waals surface area contributed by atoms with Crippen molar-refractivity contribution in [2.24, 2.45) is 0 Å². The summed E-state index contributed by atoms with van der Waals surface area (Å²) in [4.78, 5) is 0.388. The quantitative estimate of drug-likeness (QED) is 0.277. The van der Waals surface area contributed by atoms with Gasteiger partial charge in [-0.1, -0.05) is 96.1 Å². The van der Waals surface area contributed by atoms with Gasteiger partial charge in [0.25, 0.3) is 10.0 Å². The molecule has 0 unspecified atom stereocenters. The molecule has 0 bridgehead atoms. The first-order valence-electron chi connectivity index (χ1n) is 12.9. The van der Waals surface area contributed by atoms with Crippen LogP contribution in [0.25, 0.3) is 0 Å². The van der Waals surface area contributed by atoms with Crippen LogP contribution in [0.5, 0.6) is 0 Å². The molecule has 4 aromatic rings. The number of rotatable bonds is 7. The molecule has 0 saturated heterocycles. The molecule has 7 heteroatoms. The van der Waals surface area contributed by atoms with Crippen molar-refractivity contribution in [3.8, 4) is 0 Å². The second-order valence-corrected chi connectivity index (χ2v) is 14.0. The molecule has 0 N–H and O–H groups in total. The zero-order valence-corrected chi connectivity index (χ0v) is 23.5. The summed E-state index contributed by atoms with van der Waals surface area (Å²) in [7, 11) is -7.83. The van der Waals surface area contributed by atoms with Gasteiger partial charge in [0.2, 0.25) is 0 Å². The molecule has 1 heterocycles. The van der Waals surface area contributed by atoms with E-state index >= 15 is 0 Å². The van der Waals surface area contributed by atoms with Crippen LogP contribution in [0.2, 0.25) is 0 Å². The highest BCUT2D eigenvalue weighted by atomic mass is 32.2. The lowest BCUT2D eigenvalue weighted by molar-refractivity contribution is 0.323. The summed E-state index contributed by atoms with van der Waals surface area (Å²) in [6.45, 7) is 3.81. The van der Waals surface area contributed by atoms with Gasteiger partial charge in [-0.15, -0.1) is 0 Å². The van der Waals surface area contributed by atoms with E-state index in [4.69, 9.17) is 0 Å². The van der Waals surface area contributed by atoms with Crippen molar-refractivity contribution in [2.45, 2.75) is 47.3 Å². The van der Waals surface area contributed by atoms with Gasteiger partial charge in [-0.2, -0.15) is 0 Å². The van der Waals surface area contributed by atoms with E-state index in [1.54, 1.807) is 54.6 Å². The minimum atomic E-state index is -3.98. The Morgan fingerprint density at radius 2 is 1.15 bits per heavy atom. The Morgan fingerprint density at radius 1 is 0.641 bits per heavy atom. The normalized spacial score (nSPS) is 19.6. The standard InChI is InChI=1S/C32H31NO4S2/c1-24-13-17-28(18-14-24)38(34,35)31-21-22-33(39(36,37)29-19-15-25(2)16-20-29)30(23-26-9-5-3-6-10-26)32(31)27-11-7-4-8-12-27/h3-22,30-32H,23H2,1-2H3/t30-,31+,32-/m0/s1. The predicted molar refractivity (Wildman–Crippen MR) is 155 cm³/mol. The zero-order chi connectivity index (χ0) is 27.6. The second kappa shape index (κ2) is 10.8. The number of hydrogen-bond acceptors (Lipinski definition) is 4. The molecule has 0 fully saturated rings. The lowest BCUT2D eigenvalue weighted by Crippen LogP contribution is -2.49. The van der Waals surface area contributed by atoms with Crippen LogP contribution in [0.4, 0.5) is 0 Å². The SMILES string of the molecule is Cc1ccc(S(=O)(=O)[C@@H]2C=CN(S(=O)(=O)c3ccc(C)cc3)[C@@H](Cc3ccccc3)[C@@H]2c2ccccc2)cc1. The Morgan fingerprint density at radius 3 is 1.72 bits per heavy atom. The number of sulfonamides is 1. The molecule has 0 spiro atoms. The van der Waals surface area contributed by atoms with Crippen LogP contribution in [-0.2, 0) is 26.3 Å². The van der Waals surface area contributed by atoms with E-state index in [9.17, 15) is 16.8 Å². The fraction of sp³-hybridized carbons (Fsp3) is 0.188. The van der Waals surface area contributed by atoms with Crippen LogP contribution in [-0.4, -0.2) is 32.4 Å². The molecule has 5 nitrogen and oxygen atoms in total. The third-order valence-electron chi connectivity index (χ3n) is 7.29. The number of aryl methyl sites for hydroxylation is 2. The van der Waals surface area contributed by atoms with Gasteiger partial charge in [0.15, 0.2) is 9.84 Å². The topological polar surface area (TPSA) is 71.5 Å². The zero-order valence-electron chi connectivity index (χ0n) is 21.9. The highest BCUT2D eigenvalue weighted by Gasteiger charge is 2.46. The summed E-state index contributed by atoms with van der Waals surface area (Å²) in [5.74, 6) is -0.650. The molecule has 0 saturated carbocycles. The van der Waals surface area contributed by atoms with E-state index in [-0.39, 0.29) is 9.79 Å². The lowest BCUT2D eigenvalue weighted by atomic mass is 9.83. The maximum Gasteiger partial charge on any atom is 0.264 e. The third kappa shape index (κ3) is 5.42. The molecule has 39 heavy (non-hydrogen) atoms. The van der Waals surface area contributed by atoms with Crippen molar-refractivity contribution in [3.63, 3.8) is 0 Å². The molecular weight excluding hydrogens is 526 g/mol. The Hall–Kier alpha value is -3.68. The fourth-order valence-electron chi connectivity index (χ4n) is 5.21. The predicted octanol–water partition coefficient (Wildman–Crippen LogP) is 6.06. The molecule has 4 aromatic carbocycles. The van der Waals surface area contributed by atoms with E-state index in [0.29, 0.717) is 6.42 Å². The Balaban J connectivity index is 1.70. The molecule has 0 amide bonds. The summed E-state index contributed by atoms with van der Waals surface area (Å²) in [5.41, 5.74) is 3.61.